The Balaban J connectivity index is 3.19. The number of rotatable bonds is 8. The highest BCUT2D eigenvalue weighted by Gasteiger charge is 2.35. The first-order valence-corrected chi connectivity index (χ1v) is 7.61. The molecule has 0 amide bonds. The van der Waals surface area contributed by atoms with Crippen LogP contribution >= 0.6 is 0 Å². The second-order valence-corrected chi connectivity index (χ2v) is 5.51. The number of hydrogen-bond donors (Lipinski definition) is 1. The molecule has 1 rings (SSSR count). The van der Waals surface area contributed by atoms with Crippen LogP contribution in [-0.2, 0) is 4.74 Å². The van der Waals surface area contributed by atoms with E-state index < -0.39 is 5.60 Å². The highest BCUT2D eigenvalue weighted by Crippen LogP contribution is 2.34. The Morgan fingerprint density at radius 1 is 1.30 bits per heavy atom. The van der Waals surface area contributed by atoms with Gasteiger partial charge in [0.05, 0.1) is 11.6 Å². The van der Waals surface area contributed by atoms with Crippen molar-refractivity contribution in [1.29, 1.82) is 0 Å². The topological polar surface area (TPSA) is 21.3 Å². The van der Waals surface area contributed by atoms with Crippen molar-refractivity contribution < 1.29 is 9.13 Å². The number of benzene rings is 1. The molecule has 20 heavy (non-hydrogen) atoms. The zero-order chi connectivity index (χ0) is 15.2. The first-order valence-electron chi connectivity index (χ1n) is 7.61. The maximum absolute atomic E-state index is 14.3. The smallest absolute Gasteiger partial charge is 0.128 e. The van der Waals surface area contributed by atoms with Gasteiger partial charge in [0, 0.05) is 12.2 Å². The third-order valence-corrected chi connectivity index (χ3v) is 3.85. The van der Waals surface area contributed by atoms with E-state index in [2.05, 4.69) is 26.1 Å². The van der Waals surface area contributed by atoms with E-state index in [9.17, 15) is 4.39 Å². The molecule has 3 heteroatoms. The molecule has 0 aliphatic carbocycles. The fourth-order valence-electron chi connectivity index (χ4n) is 2.55. The van der Waals surface area contributed by atoms with Gasteiger partial charge in [-0.3, -0.25) is 0 Å². The van der Waals surface area contributed by atoms with Crippen LogP contribution in [0.1, 0.15) is 57.7 Å². The van der Waals surface area contributed by atoms with Gasteiger partial charge in [0.25, 0.3) is 0 Å². The van der Waals surface area contributed by atoms with Gasteiger partial charge in [-0.05, 0) is 46.2 Å². The molecular formula is C17H28FNO. The van der Waals surface area contributed by atoms with Gasteiger partial charge in [-0.25, -0.2) is 4.39 Å². The van der Waals surface area contributed by atoms with Crippen LogP contribution in [0.4, 0.5) is 4.39 Å². The van der Waals surface area contributed by atoms with Crippen LogP contribution in [-0.4, -0.2) is 18.8 Å². The third kappa shape index (κ3) is 4.03. The SMILES string of the molecule is CCCNC(c1cc(C)ccc1F)C(C)(CC)OCC. The summed E-state index contributed by atoms with van der Waals surface area (Å²) in [5.74, 6) is -0.163. The van der Waals surface area contributed by atoms with Gasteiger partial charge in [-0.1, -0.05) is 31.5 Å². The predicted molar refractivity (Wildman–Crippen MR) is 82.5 cm³/mol. The number of nitrogens with one attached hydrogen (secondary N) is 1. The average molecular weight is 281 g/mol. The lowest BCUT2D eigenvalue weighted by Crippen LogP contribution is -2.44. The fraction of sp³-hybridized carbons (Fsp3) is 0.647. The van der Waals surface area contributed by atoms with Crippen LogP contribution in [0.5, 0.6) is 0 Å². The molecule has 0 fully saturated rings. The molecule has 0 radical (unpaired) electrons. The summed E-state index contributed by atoms with van der Waals surface area (Å²) in [6.07, 6.45) is 1.84. The molecule has 0 saturated heterocycles. The zero-order valence-corrected chi connectivity index (χ0v) is 13.4. The molecular weight excluding hydrogens is 253 g/mol. The molecule has 0 aromatic heterocycles. The summed E-state index contributed by atoms with van der Waals surface area (Å²) in [6, 6.07) is 5.15. The predicted octanol–water partition coefficient (Wildman–Crippen LogP) is 4.38. The Morgan fingerprint density at radius 2 is 2.00 bits per heavy atom. The van der Waals surface area contributed by atoms with Crippen molar-refractivity contribution in [3.63, 3.8) is 0 Å². The molecule has 2 nitrogen and oxygen atoms in total. The van der Waals surface area contributed by atoms with E-state index in [-0.39, 0.29) is 11.9 Å². The molecule has 1 aromatic rings. The van der Waals surface area contributed by atoms with Crippen molar-refractivity contribution in [2.45, 2.75) is 59.1 Å². The minimum Gasteiger partial charge on any atom is -0.374 e. The molecule has 2 unspecified atom stereocenters. The van der Waals surface area contributed by atoms with Crippen LogP contribution < -0.4 is 5.32 Å². The molecule has 0 heterocycles. The monoisotopic (exact) mass is 281 g/mol. The summed E-state index contributed by atoms with van der Waals surface area (Å²) in [5.41, 5.74) is 1.37. The first kappa shape index (κ1) is 17.1. The Labute approximate surface area is 122 Å². The summed E-state index contributed by atoms with van der Waals surface area (Å²) in [6.45, 7) is 11.7. The Kier molecular flexibility index (Phi) is 6.63. The number of ether oxygens (including phenoxy) is 1. The molecule has 1 N–H and O–H groups in total. The number of halogens is 1. The van der Waals surface area contributed by atoms with E-state index in [0.29, 0.717) is 12.2 Å². The Bertz CT molecular complexity index is 421. The van der Waals surface area contributed by atoms with Gasteiger partial charge in [0.15, 0.2) is 0 Å². The van der Waals surface area contributed by atoms with Crippen molar-refractivity contribution in [2.24, 2.45) is 0 Å². The van der Waals surface area contributed by atoms with E-state index in [1.165, 1.54) is 0 Å². The van der Waals surface area contributed by atoms with Crippen LogP contribution in [0.2, 0.25) is 0 Å². The van der Waals surface area contributed by atoms with Crippen LogP contribution in [0, 0.1) is 12.7 Å². The molecule has 2 atom stereocenters. The second-order valence-electron chi connectivity index (χ2n) is 5.51. The average Bonchev–Trinajstić information content (AvgIpc) is 2.43. The van der Waals surface area contributed by atoms with Crippen molar-refractivity contribution >= 4 is 0 Å². The maximum Gasteiger partial charge on any atom is 0.128 e. The quantitative estimate of drug-likeness (QED) is 0.763. The Hall–Kier alpha value is -0.930. The van der Waals surface area contributed by atoms with Crippen LogP contribution in [0.3, 0.4) is 0 Å². The molecule has 114 valence electrons. The second kappa shape index (κ2) is 7.75. The van der Waals surface area contributed by atoms with Crippen LogP contribution in [0.15, 0.2) is 18.2 Å². The molecule has 0 spiro atoms. The largest absolute Gasteiger partial charge is 0.374 e. The van der Waals surface area contributed by atoms with E-state index in [0.717, 1.165) is 24.9 Å². The summed E-state index contributed by atoms with van der Waals surface area (Å²) in [5, 5.41) is 3.47. The lowest BCUT2D eigenvalue weighted by Gasteiger charge is -2.38. The number of hydrogen-bond acceptors (Lipinski definition) is 2. The molecule has 0 aliphatic heterocycles. The summed E-state index contributed by atoms with van der Waals surface area (Å²) >= 11 is 0. The van der Waals surface area contributed by atoms with Gasteiger partial charge in [-0.2, -0.15) is 0 Å². The van der Waals surface area contributed by atoms with Crippen LogP contribution in [0.25, 0.3) is 0 Å². The van der Waals surface area contributed by atoms with Crippen molar-refractivity contribution in [3.8, 4) is 0 Å². The lowest BCUT2D eigenvalue weighted by atomic mass is 9.86. The van der Waals surface area contributed by atoms with E-state index in [1.807, 2.05) is 19.9 Å². The standard InChI is InChI=1S/C17H28FNO/c1-6-11-19-16(17(5,7-2)20-8-3)14-12-13(4)9-10-15(14)18/h9-10,12,16,19H,6-8,11H2,1-5H3. The molecule has 0 aliphatic rings. The van der Waals surface area contributed by atoms with E-state index in [1.54, 1.807) is 12.1 Å². The van der Waals surface area contributed by atoms with Crippen molar-refractivity contribution in [2.75, 3.05) is 13.2 Å². The Morgan fingerprint density at radius 3 is 2.55 bits per heavy atom. The molecule has 0 saturated carbocycles. The highest BCUT2D eigenvalue weighted by atomic mass is 19.1. The van der Waals surface area contributed by atoms with E-state index >= 15 is 0 Å². The normalized spacial score (nSPS) is 15.9. The summed E-state index contributed by atoms with van der Waals surface area (Å²) in [7, 11) is 0. The maximum atomic E-state index is 14.3. The van der Waals surface area contributed by atoms with Crippen molar-refractivity contribution in [1.82, 2.24) is 5.32 Å². The zero-order valence-electron chi connectivity index (χ0n) is 13.4. The highest BCUT2D eigenvalue weighted by molar-refractivity contribution is 5.29. The van der Waals surface area contributed by atoms with Gasteiger partial charge < -0.3 is 10.1 Å². The summed E-state index contributed by atoms with van der Waals surface area (Å²) < 4.78 is 20.2. The van der Waals surface area contributed by atoms with E-state index in [4.69, 9.17) is 4.74 Å². The van der Waals surface area contributed by atoms with Gasteiger partial charge in [0.2, 0.25) is 0 Å². The van der Waals surface area contributed by atoms with Gasteiger partial charge in [-0.15, -0.1) is 0 Å². The lowest BCUT2D eigenvalue weighted by molar-refractivity contribution is -0.0570. The minimum absolute atomic E-state index is 0.132. The molecule has 0 bridgehead atoms. The van der Waals surface area contributed by atoms with Gasteiger partial charge >= 0.3 is 0 Å². The number of aryl methyl sites for hydroxylation is 1. The summed E-state index contributed by atoms with van der Waals surface area (Å²) in [4.78, 5) is 0. The van der Waals surface area contributed by atoms with Crippen molar-refractivity contribution in [3.05, 3.63) is 35.1 Å². The van der Waals surface area contributed by atoms with Gasteiger partial charge in [0.1, 0.15) is 5.82 Å². The molecule has 1 aromatic carbocycles. The fourth-order valence-corrected chi connectivity index (χ4v) is 2.55. The minimum atomic E-state index is -0.404. The third-order valence-electron chi connectivity index (χ3n) is 3.85. The first-order chi connectivity index (χ1) is 9.48.